The number of nitrogens with one attached hydrogen (secondary N) is 2. The molecule has 20 heavy (non-hydrogen) atoms. The van der Waals surface area contributed by atoms with E-state index in [1.807, 2.05) is 11.3 Å². The van der Waals surface area contributed by atoms with Crippen LogP contribution in [0.15, 0.2) is 22.5 Å². The lowest BCUT2D eigenvalue weighted by Gasteiger charge is -2.13. The number of hydrogen-bond acceptors (Lipinski definition) is 3. The van der Waals surface area contributed by atoms with Crippen molar-refractivity contribution in [3.05, 3.63) is 22.4 Å². The lowest BCUT2D eigenvalue weighted by atomic mass is 10.1. The number of nitrogens with zero attached hydrogens (tertiary/aromatic N) is 2. The van der Waals surface area contributed by atoms with Gasteiger partial charge in [-0.25, -0.2) is 0 Å². The fourth-order valence-corrected chi connectivity index (χ4v) is 3.21. The molecule has 112 valence electrons. The van der Waals surface area contributed by atoms with E-state index < -0.39 is 0 Å². The molecule has 0 radical (unpaired) electrons. The van der Waals surface area contributed by atoms with Crippen LogP contribution < -0.4 is 10.6 Å². The second-order valence-electron chi connectivity index (χ2n) is 5.39. The number of rotatable bonds is 6. The third kappa shape index (κ3) is 5.13. The summed E-state index contributed by atoms with van der Waals surface area (Å²) in [6.45, 7) is 7.28. The Morgan fingerprint density at radius 1 is 1.50 bits per heavy atom. The average Bonchev–Trinajstić information content (AvgIpc) is 3.07. The van der Waals surface area contributed by atoms with Gasteiger partial charge in [0.2, 0.25) is 0 Å². The fraction of sp³-hybridized carbons (Fsp3) is 0.667. The Bertz CT molecular complexity index is 402. The summed E-state index contributed by atoms with van der Waals surface area (Å²) in [6, 6.07) is 4.29. The van der Waals surface area contributed by atoms with Gasteiger partial charge in [-0.05, 0) is 50.7 Å². The molecule has 2 N–H and O–H groups in total. The number of guanidine groups is 1. The van der Waals surface area contributed by atoms with Crippen LogP contribution in [0.4, 0.5) is 0 Å². The summed E-state index contributed by atoms with van der Waals surface area (Å²) >= 11 is 1.82. The summed E-state index contributed by atoms with van der Waals surface area (Å²) in [7, 11) is 2.19. The molecule has 1 fully saturated rings. The van der Waals surface area contributed by atoms with Gasteiger partial charge in [-0.1, -0.05) is 6.07 Å². The molecule has 1 aliphatic heterocycles. The Hall–Kier alpha value is -1.07. The van der Waals surface area contributed by atoms with Crippen molar-refractivity contribution in [1.82, 2.24) is 15.5 Å². The summed E-state index contributed by atoms with van der Waals surface area (Å²) in [4.78, 5) is 8.53. The van der Waals surface area contributed by atoms with Crippen molar-refractivity contribution in [1.29, 1.82) is 0 Å². The molecule has 1 aromatic heterocycles. The summed E-state index contributed by atoms with van der Waals surface area (Å²) in [6.07, 6.45) is 2.34. The zero-order valence-corrected chi connectivity index (χ0v) is 13.4. The minimum absolute atomic E-state index is 0.716. The van der Waals surface area contributed by atoms with Gasteiger partial charge in [-0.15, -0.1) is 11.3 Å². The van der Waals surface area contributed by atoms with Crippen LogP contribution in [0, 0.1) is 5.92 Å². The smallest absolute Gasteiger partial charge is 0.191 e. The average molecular weight is 294 g/mol. The first-order chi connectivity index (χ1) is 9.78. The quantitative estimate of drug-likeness (QED) is 0.621. The maximum Gasteiger partial charge on any atom is 0.191 e. The molecule has 0 aliphatic carbocycles. The van der Waals surface area contributed by atoms with Gasteiger partial charge in [0.05, 0.1) is 0 Å². The lowest BCUT2D eigenvalue weighted by Crippen LogP contribution is -2.38. The molecule has 2 rings (SSSR count). The van der Waals surface area contributed by atoms with Gasteiger partial charge in [0.15, 0.2) is 5.96 Å². The zero-order valence-electron chi connectivity index (χ0n) is 12.6. The van der Waals surface area contributed by atoms with E-state index in [1.54, 1.807) is 0 Å². The Morgan fingerprint density at radius 3 is 3.05 bits per heavy atom. The second-order valence-corrected chi connectivity index (χ2v) is 6.42. The highest BCUT2D eigenvalue weighted by molar-refractivity contribution is 7.09. The number of aliphatic imine (C=N–C) groups is 1. The summed E-state index contributed by atoms with van der Waals surface area (Å²) in [5.41, 5.74) is 0. The lowest BCUT2D eigenvalue weighted by molar-refractivity contribution is 0.397. The normalized spacial score (nSPS) is 20.3. The molecule has 0 saturated carbocycles. The van der Waals surface area contributed by atoms with E-state index in [1.165, 1.54) is 24.4 Å². The Balaban J connectivity index is 1.73. The van der Waals surface area contributed by atoms with Crippen molar-refractivity contribution < 1.29 is 0 Å². The first-order valence-corrected chi connectivity index (χ1v) is 8.39. The monoisotopic (exact) mass is 294 g/mol. The van der Waals surface area contributed by atoms with Crippen LogP contribution in [-0.2, 0) is 6.42 Å². The zero-order chi connectivity index (χ0) is 14.2. The van der Waals surface area contributed by atoms with Crippen LogP contribution in [0.3, 0.4) is 0 Å². The van der Waals surface area contributed by atoms with Gasteiger partial charge >= 0.3 is 0 Å². The maximum atomic E-state index is 4.72. The largest absolute Gasteiger partial charge is 0.357 e. The first-order valence-electron chi connectivity index (χ1n) is 7.51. The molecule has 4 nitrogen and oxygen atoms in total. The van der Waals surface area contributed by atoms with Crippen molar-refractivity contribution >= 4 is 17.3 Å². The van der Waals surface area contributed by atoms with Gasteiger partial charge in [0, 0.05) is 31.1 Å². The minimum atomic E-state index is 0.716. The Labute approximate surface area is 126 Å². The molecule has 1 saturated heterocycles. The highest BCUT2D eigenvalue weighted by Crippen LogP contribution is 2.14. The summed E-state index contributed by atoms with van der Waals surface area (Å²) in [5.74, 6) is 1.67. The second kappa shape index (κ2) is 8.27. The minimum Gasteiger partial charge on any atom is -0.357 e. The van der Waals surface area contributed by atoms with Gasteiger partial charge in [0.1, 0.15) is 0 Å². The van der Waals surface area contributed by atoms with Crippen molar-refractivity contribution in [2.45, 2.75) is 19.8 Å². The van der Waals surface area contributed by atoms with Crippen LogP contribution in [0.5, 0.6) is 0 Å². The van der Waals surface area contributed by atoms with Crippen molar-refractivity contribution in [3.63, 3.8) is 0 Å². The molecule has 1 aromatic rings. The Kier molecular flexibility index (Phi) is 6.33. The van der Waals surface area contributed by atoms with E-state index in [-0.39, 0.29) is 0 Å². The number of hydrogen-bond donors (Lipinski definition) is 2. The highest BCUT2D eigenvalue weighted by Gasteiger charge is 2.18. The number of likely N-dealkylation sites (tertiary alicyclic amines) is 1. The first kappa shape index (κ1) is 15.3. The topological polar surface area (TPSA) is 39.7 Å². The van der Waals surface area contributed by atoms with Crippen LogP contribution in [-0.4, -0.2) is 50.6 Å². The standard InChI is InChI=1S/C15H26N4S/c1-3-16-15(17-8-6-14-5-4-10-20-14)18-11-13-7-9-19(2)12-13/h4-5,10,13H,3,6-9,11-12H2,1-2H3,(H2,16,17,18). The summed E-state index contributed by atoms with van der Waals surface area (Å²) < 4.78 is 0. The van der Waals surface area contributed by atoms with E-state index in [2.05, 4.69) is 47.0 Å². The Morgan fingerprint density at radius 2 is 2.40 bits per heavy atom. The van der Waals surface area contributed by atoms with E-state index in [0.717, 1.165) is 32.0 Å². The molecule has 1 atom stereocenters. The molecule has 5 heteroatoms. The molecule has 0 spiro atoms. The van der Waals surface area contributed by atoms with Gasteiger partial charge in [-0.3, -0.25) is 4.99 Å². The molecule has 0 amide bonds. The van der Waals surface area contributed by atoms with Crippen LogP contribution >= 0.6 is 11.3 Å². The molecule has 2 heterocycles. The third-order valence-corrected chi connectivity index (χ3v) is 4.52. The van der Waals surface area contributed by atoms with Gasteiger partial charge in [-0.2, -0.15) is 0 Å². The van der Waals surface area contributed by atoms with Crippen molar-refractivity contribution in [2.24, 2.45) is 10.9 Å². The highest BCUT2D eigenvalue weighted by atomic mass is 32.1. The third-order valence-electron chi connectivity index (χ3n) is 3.58. The molecule has 0 bridgehead atoms. The van der Waals surface area contributed by atoms with Gasteiger partial charge < -0.3 is 15.5 Å². The predicted octanol–water partition coefficient (Wildman–Crippen LogP) is 1.80. The van der Waals surface area contributed by atoms with Gasteiger partial charge in [0.25, 0.3) is 0 Å². The van der Waals surface area contributed by atoms with Crippen LogP contribution in [0.1, 0.15) is 18.2 Å². The summed E-state index contributed by atoms with van der Waals surface area (Å²) in [5, 5.41) is 8.88. The van der Waals surface area contributed by atoms with Crippen LogP contribution in [0.25, 0.3) is 0 Å². The number of thiophene rings is 1. The van der Waals surface area contributed by atoms with E-state index in [0.29, 0.717) is 5.92 Å². The molecule has 1 unspecified atom stereocenters. The van der Waals surface area contributed by atoms with E-state index in [9.17, 15) is 0 Å². The maximum absolute atomic E-state index is 4.72. The molecule has 0 aromatic carbocycles. The fourth-order valence-electron chi connectivity index (χ4n) is 2.50. The molecule has 1 aliphatic rings. The van der Waals surface area contributed by atoms with Crippen molar-refractivity contribution in [2.75, 3.05) is 39.8 Å². The van der Waals surface area contributed by atoms with E-state index in [4.69, 9.17) is 4.99 Å². The van der Waals surface area contributed by atoms with Crippen molar-refractivity contribution in [3.8, 4) is 0 Å². The van der Waals surface area contributed by atoms with Crippen LogP contribution in [0.2, 0.25) is 0 Å². The molecular weight excluding hydrogens is 268 g/mol. The van der Waals surface area contributed by atoms with E-state index >= 15 is 0 Å². The molecular formula is C15H26N4S. The SMILES string of the molecule is CCNC(=NCC1CCN(C)C1)NCCc1cccs1. The predicted molar refractivity (Wildman–Crippen MR) is 87.6 cm³/mol.